The Kier molecular flexibility index (Phi) is 3.99. The van der Waals surface area contributed by atoms with Gasteiger partial charge in [-0.1, -0.05) is 25.4 Å². The van der Waals surface area contributed by atoms with Crippen molar-refractivity contribution < 1.29 is 14.3 Å². The Morgan fingerprint density at radius 2 is 2.10 bits per heavy atom. The van der Waals surface area contributed by atoms with Gasteiger partial charge in [0.05, 0.1) is 16.3 Å². The number of carboxylic acid groups (broad SMARTS) is 1. The summed E-state index contributed by atoms with van der Waals surface area (Å²) in [5.41, 5.74) is 0.941. The largest absolute Gasteiger partial charge is 0.478 e. The first-order chi connectivity index (χ1) is 9.40. The first kappa shape index (κ1) is 14.4. The summed E-state index contributed by atoms with van der Waals surface area (Å²) in [5, 5.41) is 9.29. The third-order valence-electron chi connectivity index (χ3n) is 2.77. The van der Waals surface area contributed by atoms with Crippen molar-refractivity contribution in [1.29, 1.82) is 0 Å². The summed E-state index contributed by atoms with van der Waals surface area (Å²) >= 11 is 5.96. The zero-order valence-corrected chi connectivity index (χ0v) is 11.6. The molecule has 0 spiro atoms. The lowest BCUT2D eigenvalue weighted by Gasteiger charge is -2.11. The van der Waals surface area contributed by atoms with Crippen LogP contribution in [0.4, 0.5) is 4.39 Å². The number of halogens is 2. The highest BCUT2D eigenvalue weighted by atomic mass is 35.5. The van der Waals surface area contributed by atoms with Crippen LogP contribution in [-0.4, -0.2) is 21.0 Å². The van der Waals surface area contributed by atoms with E-state index in [2.05, 4.69) is 9.97 Å². The maximum atomic E-state index is 13.0. The van der Waals surface area contributed by atoms with E-state index >= 15 is 0 Å². The van der Waals surface area contributed by atoms with Gasteiger partial charge in [-0.05, 0) is 24.1 Å². The molecule has 0 aliphatic heterocycles. The number of carboxylic acids is 1. The van der Waals surface area contributed by atoms with E-state index in [1.165, 1.54) is 24.4 Å². The van der Waals surface area contributed by atoms with Crippen LogP contribution in [-0.2, 0) is 0 Å². The number of hydrogen-bond acceptors (Lipinski definition) is 3. The van der Waals surface area contributed by atoms with Gasteiger partial charge in [0.25, 0.3) is 0 Å². The molecule has 2 aromatic rings. The van der Waals surface area contributed by atoms with Gasteiger partial charge < -0.3 is 5.11 Å². The average Bonchev–Trinajstić information content (AvgIpc) is 2.37. The Bertz CT molecular complexity index is 674. The summed E-state index contributed by atoms with van der Waals surface area (Å²) in [6.45, 7) is 3.68. The van der Waals surface area contributed by atoms with Gasteiger partial charge in [0, 0.05) is 11.8 Å². The molecule has 20 heavy (non-hydrogen) atoms. The molecule has 0 amide bonds. The van der Waals surface area contributed by atoms with Crippen LogP contribution in [0.2, 0.25) is 5.02 Å². The fourth-order valence-electron chi connectivity index (χ4n) is 1.80. The summed E-state index contributed by atoms with van der Waals surface area (Å²) in [6, 6.07) is 3.89. The molecule has 6 heteroatoms. The summed E-state index contributed by atoms with van der Waals surface area (Å²) in [5.74, 6) is -1.33. The molecule has 1 aromatic carbocycles. The fourth-order valence-corrected chi connectivity index (χ4v) is 2.05. The van der Waals surface area contributed by atoms with Crippen LogP contribution in [0.15, 0.2) is 24.4 Å². The van der Waals surface area contributed by atoms with E-state index in [0.717, 1.165) is 0 Å². The van der Waals surface area contributed by atoms with Gasteiger partial charge in [-0.25, -0.2) is 19.2 Å². The Balaban J connectivity index is 2.59. The molecule has 0 aliphatic carbocycles. The third-order valence-corrected chi connectivity index (χ3v) is 3.08. The first-order valence-electron chi connectivity index (χ1n) is 5.95. The fraction of sp³-hybridized carbons (Fsp3) is 0.214. The zero-order chi connectivity index (χ0) is 14.9. The second-order valence-electron chi connectivity index (χ2n) is 4.58. The SMILES string of the molecule is CC(C)c1nc(-c2ccc(F)cc2Cl)ncc1C(=O)O. The molecule has 2 rings (SSSR count). The molecule has 0 bridgehead atoms. The number of rotatable bonds is 3. The predicted octanol–water partition coefficient (Wildman–Crippen LogP) is 3.76. The van der Waals surface area contributed by atoms with E-state index in [-0.39, 0.29) is 22.3 Å². The van der Waals surface area contributed by atoms with Crippen molar-refractivity contribution in [1.82, 2.24) is 9.97 Å². The van der Waals surface area contributed by atoms with E-state index in [9.17, 15) is 9.18 Å². The maximum Gasteiger partial charge on any atom is 0.339 e. The molecule has 104 valence electrons. The average molecular weight is 295 g/mol. The van der Waals surface area contributed by atoms with Crippen LogP contribution in [0.3, 0.4) is 0 Å². The summed E-state index contributed by atoms with van der Waals surface area (Å²) in [6.07, 6.45) is 1.25. The highest BCUT2D eigenvalue weighted by Crippen LogP contribution is 2.27. The van der Waals surface area contributed by atoms with Gasteiger partial charge in [-0.3, -0.25) is 0 Å². The number of aromatic nitrogens is 2. The number of carbonyl (C=O) groups is 1. The molecule has 0 fully saturated rings. The van der Waals surface area contributed by atoms with Crippen molar-refractivity contribution in [3.05, 3.63) is 46.5 Å². The van der Waals surface area contributed by atoms with E-state index < -0.39 is 11.8 Å². The van der Waals surface area contributed by atoms with E-state index in [1.54, 1.807) is 0 Å². The predicted molar refractivity (Wildman–Crippen MR) is 73.5 cm³/mol. The van der Waals surface area contributed by atoms with E-state index in [0.29, 0.717) is 11.3 Å². The summed E-state index contributed by atoms with van der Waals surface area (Å²) in [7, 11) is 0. The standard InChI is InChI=1S/C14H12ClFN2O2/c1-7(2)12-10(14(19)20)6-17-13(18-12)9-4-3-8(16)5-11(9)15/h3-7H,1-2H3,(H,19,20). The highest BCUT2D eigenvalue weighted by molar-refractivity contribution is 6.33. The Hall–Kier alpha value is -2.01. The molecule has 0 saturated carbocycles. The quantitative estimate of drug-likeness (QED) is 0.936. The smallest absolute Gasteiger partial charge is 0.339 e. The molecule has 1 aromatic heterocycles. The molecule has 1 N–H and O–H groups in total. The molecule has 0 unspecified atom stereocenters. The number of aromatic carboxylic acids is 1. The minimum atomic E-state index is -1.08. The molecule has 1 heterocycles. The number of benzene rings is 1. The van der Waals surface area contributed by atoms with Crippen LogP contribution in [0.5, 0.6) is 0 Å². The van der Waals surface area contributed by atoms with E-state index in [4.69, 9.17) is 16.7 Å². The second-order valence-corrected chi connectivity index (χ2v) is 4.98. The molecule has 0 saturated heterocycles. The van der Waals surface area contributed by atoms with Crippen LogP contribution in [0.1, 0.15) is 35.8 Å². The van der Waals surface area contributed by atoms with Crippen molar-refractivity contribution in [3.8, 4) is 11.4 Å². The minimum absolute atomic E-state index is 0.0574. The minimum Gasteiger partial charge on any atom is -0.478 e. The number of nitrogens with zero attached hydrogens (tertiary/aromatic N) is 2. The normalized spacial score (nSPS) is 10.8. The van der Waals surface area contributed by atoms with Gasteiger partial charge in [-0.15, -0.1) is 0 Å². The molecule has 0 atom stereocenters. The molecular weight excluding hydrogens is 283 g/mol. The van der Waals surface area contributed by atoms with Gasteiger partial charge in [0.1, 0.15) is 5.82 Å². The van der Waals surface area contributed by atoms with Crippen molar-refractivity contribution in [3.63, 3.8) is 0 Å². The van der Waals surface area contributed by atoms with E-state index in [1.807, 2.05) is 13.8 Å². The summed E-state index contributed by atoms with van der Waals surface area (Å²) < 4.78 is 13.0. The number of hydrogen-bond donors (Lipinski definition) is 1. The topological polar surface area (TPSA) is 63.1 Å². The monoisotopic (exact) mass is 294 g/mol. The lowest BCUT2D eigenvalue weighted by Crippen LogP contribution is -2.09. The van der Waals surface area contributed by atoms with Crippen molar-refractivity contribution in [2.75, 3.05) is 0 Å². The van der Waals surface area contributed by atoms with Gasteiger partial charge >= 0.3 is 5.97 Å². The molecule has 0 radical (unpaired) electrons. The second kappa shape index (κ2) is 5.54. The van der Waals surface area contributed by atoms with Crippen LogP contribution in [0, 0.1) is 5.82 Å². The zero-order valence-electron chi connectivity index (χ0n) is 10.9. The Labute approximate surface area is 120 Å². The lowest BCUT2D eigenvalue weighted by molar-refractivity contribution is 0.0694. The van der Waals surface area contributed by atoms with Crippen LogP contribution < -0.4 is 0 Å². The van der Waals surface area contributed by atoms with Crippen LogP contribution in [0.25, 0.3) is 11.4 Å². The van der Waals surface area contributed by atoms with Crippen molar-refractivity contribution in [2.24, 2.45) is 0 Å². The first-order valence-corrected chi connectivity index (χ1v) is 6.33. The lowest BCUT2D eigenvalue weighted by atomic mass is 10.0. The van der Waals surface area contributed by atoms with Crippen molar-refractivity contribution in [2.45, 2.75) is 19.8 Å². The molecule has 0 aliphatic rings. The highest BCUT2D eigenvalue weighted by Gasteiger charge is 2.17. The Morgan fingerprint density at radius 1 is 1.40 bits per heavy atom. The van der Waals surface area contributed by atoms with Gasteiger partial charge in [-0.2, -0.15) is 0 Å². The molecular formula is C14H12ClFN2O2. The van der Waals surface area contributed by atoms with Gasteiger partial charge in [0.2, 0.25) is 0 Å². The molecule has 4 nitrogen and oxygen atoms in total. The van der Waals surface area contributed by atoms with Crippen molar-refractivity contribution >= 4 is 17.6 Å². The van der Waals surface area contributed by atoms with Crippen LogP contribution >= 0.6 is 11.6 Å². The maximum absolute atomic E-state index is 13.0. The summed E-state index contributed by atoms with van der Waals surface area (Å²) in [4.78, 5) is 19.4. The van der Waals surface area contributed by atoms with Gasteiger partial charge in [0.15, 0.2) is 5.82 Å². The third kappa shape index (κ3) is 2.77. The Morgan fingerprint density at radius 3 is 2.65 bits per heavy atom.